The smallest absolute Gasteiger partial charge is 0.197 e. The molecule has 0 N–H and O–H groups in total. The lowest BCUT2D eigenvalue weighted by molar-refractivity contribution is 0.573. The van der Waals surface area contributed by atoms with E-state index in [1.807, 2.05) is 19.1 Å². The molecule has 3 nitrogen and oxygen atoms in total. The molecule has 2 aromatic rings. The number of rotatable bonds is 3. The van der Waals surface area contributed by atoms with Crippen LogP contribution in [0, 0.1) is 12.8 Å². The van der Waals surface area contributed by atoms with Crippen LogP contribution in [0.25, 0.3) is 11.6 Å². The third-order valence-electron chi connectivity index (χ3n) is 2.43. The summed E-state index contributed by atoms with van der Waals surface area (Å²) in [7, 11) is 0. The maximum atomic E-state index is 6.01. The van der Waals surface area contributed by atoms with Crippen LogP contribution in [-0.2, 0) is 6.42 Å². The molecule has 2 rings (SSSR count). The van der Waals surface area contributed by atoms with Crippen LogP contribution in [0.3, 0.4) is 0 Å². The molecule has 0 saturated carbocycles. The summed E-state index contributed by atoms with van der Waals surface area (Å²) in [6.45, 7) is 6.26. The molecular formula is C13H15ClN2O. The van der Waals surface area contributed by atoms with Crippen LogP contribution in [-0.4, -0.2) is 9.97 Å². The molecule has 0 saturated heterocycles. The summed E-state index contributed by atoms with van der Waals surface area (Å²) in [5, 5.41) is 0.460. The zero-order valence-corrected chi connectivity index (χ0v) is 11.0. The van der Waals surface area contributed by atoms with E-state index in [2.05, 4.69) is 23.8 Å². The summed E-state index contributed by atoms with van der Waals surface area (Å²) in [6.07, 6.45) is 2.52. The van der Waals surface area contributed by atoms with Gasteiger partial charge in [-0.05, 0) is 37.0 Å². The molecule has 0 aliphatic heterocycles. The minimum Gasteiger partial charge on any atom is -0.461 e. The van der Waals surface area contributed by atoms with Gasteiger partial charge in [-0.3, -0.25) is 0 Å². The molecule has 0 amide bonds. The molecule has 0 atom stereocenters. The van der Waals surface area contributed by atoms with Crippen LogP contribution in [0.1, 0.15) is 25.1 Å². The second-order valence-corrected chi connectivity index (χ2v) is 4.92. The SMILES string of the molecule is Cc1ccoc1-c1nc(Cl)cc(CC(C)C)n1. The molecule has 0 unspecified atom stereocenters. The predicted molar refractivity (Wildman–Crippen MR) is 68.0 cm³/mol. The van der Waals surface area contributed by atoms with Crippen LogP contribution in [0.5, 0.6) is 0 Å². The molecule has 17 heavy (non-hydrogen) atoms. The van der Waals surface area contributed by atoms with Crippen LogP contribution >= 0.6 is 11.6 Å². The van der Waals surface area contributed by atoms with Crippen LogP contribution in [0.15, 0.2) is 22.8 Å². The Morgan fingerprint density at radius 2 is 2.12 bits per heavy atom. The number of aromatic nitrogens is 2. The first-order valence-electron chi connectivity index (χ1n) is 5.64. The van der Waals surface area contributed by atoms with Gasteiger partial charge in [0.25, 0.3) is 0 Å². The van der Waals surface area contributed by atoms with Crippen molar-refractivity contribution in [3.63, 3.8) is 0 Å². The van der Waals surface area contributed by atoms with Gasteiger partial charge in [0.2, 0.25) is 0 Å². The third-order valence-corrected chi connectivity index (χ3v) is 2.62. The highest BCUT2D eigenvalue weighted by Gasteiger charge is 2.12. The van der Waals surface area contributed by atoms with E-state index in [1.165, 1.54) is 0 Å². The molecule has 4 heteroatoms. The molecule has 2 aromatic heterocycles. The number of furan rings is 1. The van der Waals surface area contributed by atoms with E-state index in [0.717, 1.165) is 17.7 Å². The van der Waals surface area contributed by atoms with Crippen molar-refractivity contribution in [3.05, 3.63) is 34.8 Å². The minimum absolute atomic E-state index is 0.460. The molecule has 90 valence electrons. The highest BCUT2D eigenvalue weighted by Crippen LogP contribution is 2.23. The first kappa shape index (κ1) is 12.1. The van der Waals surface area contributed by atoms with Gasteiger partial charge in [0.05, 0.1) is 6.26 Å². The van der Waals surface area contributed by atoms with E-state index in [-0.39, 0.29) is 0 Å². The summed E-state index contributed by atoms with van der Waals surface area (Å²) in [4.78, 5) is 8.69. The minimum atomic E-state index is 0.460. The molecule has 0 aliphatic rings. The Balaban J connectivity index is 2.42. The average molecular weight is 251 g/mol. The Hall–Kier alpha value is -1.35. The zero-order chi connectivity index (χ0) is 12.4. The first-order chi connectivity index (χ1) is 8.06. The van der Waals surface area contributed by atoms with Crippen LogP contribution in [0.2, 0.25) is 5.15 Å². The van der Waals surface area contributed by atoms with Gasteiger partial charge < -0.3 is 4.42 Å². The summed E-state index contributed by atoms with van der Waals surface area (Å²) in [5.41, 5.74) is 1.97. The number of hydrogen-bond acceptors (Lipinski definition) is 3. The summed E-state index contributed by atoms with van der Waals surface area (Å²) < 4.78 is 5.38. The summed E-state index contributed by atoms with van der Waals surface area (Å²) in [5.74, 6) is 1.79. The molecule has 0 spiro atoms. The van der Waals surface area contributed by atoms with Crippen LogP contribution < -0.4 is 0 Å². The fraction of sp³-hybridized carbons (Fsp3) is 0.385. The van der Waals surface area contributed by atoms with Gasteiger partial charge in [0.1, 0.15) is 5.15 Å². The maximum absolute atomic E-state index is 6.01. The lowest BCUT2D eigenvalue weighted by Gasteiger charge is -2.06. The monoisotopic (exact) mass is 250 g/mol. The summed E-state index contributed by atoms with van der Waals surface area (Å²) in [6, 6.07) is 3.70. The van der Waals surface area contributed by atoms with Gasteiger partial charge in [0, 0.05) is 5.69 Å². The fourth-order valence-corrected chi connectivity index (χ4v) is 1.90. The van der Waals surface area contributed by atoms with Gasteiger partial charge in [-0.2, -0.15) is 0 Å². The van der Waals surface area contributed by atoms with E-state index >= 15 is 0 Å². The van der Waals surface area contributed by atoms with Crippen molar-refractivity contribution >= 4 is 11.6 Å². The molecule has 0 fully saturated rings. The van der Waals surface area contributed by atoms with Crippen molar-refractivity contribution in [2.75, 3.05) is 0 Å². The molecule has 0 aliphatic carbocycles. The molecular weight excluding hydrogens is 236 g/mol. The van der Waals surface area contributed by atoms with Gasteiger partial charge in [0.15, 0.2) is 11.6 Å². The standard InChI is InChI=1S/C13H15ClN2O/c1-8(2)6-10-7-11(14)16-13(15-10)12-9(3)4-5-17-12/h4-5,7-8H,6H2,1-3H3. The van der Waals surface area contributed by atoms with Crippen LogP contribution in [0.4, 0.5) is 0 Å². The van der Waals surface area contributed by atoms with Crippen molar-refractivity contribution in [1.82, 2.24) is 9.97 Å². The highest BCUT2D eigenvalue weighted by molar-refractivity contribution is 6.29. The number of halogens is 1. The van der Waals surface area contributed by atoms with Crippen molar-refractivity contribution in [2.45, 2.75) is 27.2 Å². The number of hydrogen-bond donors (Lipinski definition) is 0. The maximum Gasteiger partial charge on any atom is 0.197 e. The van der Waals surface area contributed by atoms with Crippen molar-refractivity contribution in [3.8, 4) is 11.6 Å². The van der Waals surface area contributed by atoms with E-state index in [9.17, 15) is 0 Å². The normalized spacial score (nSPS) is 11.1. The fourth-order valence-electron chi connectivity index (χ4n) is 1.69. The number of aryl methyl sites for hydroxylation is 1. The average Bonchev–Trinajstić information content (AvgIpc) is 2.62. The highest BCUT2D eigenvalue weighted by atomic mass is 35.5. The summed E-state index contributed by atoms with van der Waals surface area (Å²) >= 11 is 6.01. The predicted octanol–water partition coefficient (Wildman–Crippen LogP) is 3.90. The van der Waals surface area contributed by atoms with Gasteiger partial charge in [-0.15, -0.1) is 0 Å². The van der Waals surface area contributed by atoms with Crippen molar-refractivity contribution < 1.29 is 4.42 Å². The zero-order valence-electron chi connectivity index (χ0n) is 10.2. The first-order valence-corrected chi connectivity index (χ1v) is 6.02. The van der Waals surface area contributed by atoms with E-state index in [4.69, 9.17) is 16.0 Å². The Bertz CT molecular complexity index is 520. The lowest BCUT2D eigenvalue weighted by Crippen LogP contribution is -2.00. The topological polar surface area (TPSA) is 38.9 Å². The van der Waals surface area contributed by atoms with Crippen molar-refractivity contribution in [2.24, 2.45) is 5.92 Å². The van der Waals surface area contributed by atoms with E-state index < -0.39 is 0 Å². The Morgan fingerprint density at radius 1 is 1.35 bits per heavy atom. The molecule has 0 aromatic carbocycles. The Labute approximate surface area is 106 Å². The number of nitrogens with zero attached hydrogens (tertiary/aromatic N) is 2. The third kappa shape index (κ3) is 2.86. The Morgan fingerprint density at radius 3 is 2.71 bits per heavy atom. The van der Waals surface area contributed by atoms with E-state index in [0.29, 0.717) is 22.7 Å². The van der Waals surface area contributed by atoms with Crippen molar-refractivity contribution in [1.29, 1.82) is 0 Å². The quantitative estimate of drug-likeness (QED) is 0.776. The lowest BCUT2D eigenvalue weighted by atomic mass is 10.1. The van der Waals surface area contributed by atoms with Gasteiger partial charge in [-0.25, -0.2) is 9.97 Å². The van der Waals surface area contributed by atoms with Gasteiger partial charge >= 0.3 is 0 Å². The molecule has 0 bridgehead atoms. The molecule has 2 heterocycles. The largest absolute Gasteiger partial charge is 0.461 e. The molecule has 0 radical (unpaired) electrons. The second kappa shape index (κ2) is 4.88. The Kier molecular flexibility index (Phi) is 3.48. The van der Waals surface area contributed by atoms with E-state index in [1.54, 1.807) is 6.26 Å². The van der Waals surface area contributed by atoms with Gasteiger partial charge in [-0.1, -0.05) is 25.4 Å². The second-order valence-electron chi connectivity index (χ2n) is 4.54.